The lowest BCUT2D eigenvalue weighted by Gasteiger charge is -2.00. The highest BCUT2D eigenvalue weighted by Crippen LogP contribution is 2.21. The third-order valence-corrected chi connectivity index (χ3v) is 2.52. The third kappa shape index (κ3) is 1.66. The zero-order chi connectivity index (χ0) is 11.5. The monoisotopic (exact) mass is 213 g/mol. The van der Waals surface area contributed by atoms with E-state index in [1.165, 1.54) is 0 Å². The van der Waals surface area contributed by atoms with Crippen LogP contribution in [0.2, 0.25) is 0 Å². The number of aromatic nitrogens is 1. The summed E-state index contributed by atoms with van der Waals surface area (Å²) in [4.78, 5) is 11.0. The van der Waals surface area contributed by atoms with E-state index >= 15 is 0 Å². The van der Waals surface area contributed by atoms with Crippen LogP contribution in [0.1, 0.15) is 16.8 Å². The first-order chi connectivity index (χ1) is 7.74. The first kappa shape index (κ1) is 10.3. The van der Waals surface area contributed by atoms with Gasteiger partial charge in [0.1, 0.15) is 0 Å². The highest BCUT2D eigenvalue weighted by molar-refractivity contribution is 6.03. The number of hydrogen-bond donors (Lipinski definition) is 1. The van der Waals surface area contributed by atoms with Crippen LogP contribution in [0.3, 0.4) is 0 Å². The van der Waals surface area contributed by atoms with Gasteiger partial charge in [0, 0.05) is 30.1 Å². The smallest absolute Gasteiger partial charge is 0.337 e. The Morgan fingerprint density at radius 3 is 2.88 bits per heavy atom. The molecule has 0 saturated carbocycles. The summed E-state index contributed by atoms with van der Waals surface area (Å²) in [5.41, 5.74) is 1.24. The second kappa shape index (κ2) is 4.11. The molecular formula is C13H11NO2. The maximum absolute atomic E-state index is 11.0. The molecule has 0 saturated heterocycles. The molecule has 3 heteroatoms. The molecule has 1 heterocycles. The van der Waals surface area contributed by atoms with Gasteiger partial charge < -0.3 is 9.67 Å². The summed E-state index contributed by atoms with van der Waals surface area (Å²) in [5.74, 6) is 1.64. The van der Waals surface area contributed by atoms with Gasteiger partial charge in [-0.05, 0) is 6.07 Å². The SMILES string of the molecule is C#CCCn1cc(C(=O)O)c2ccccc21. The number of para-hydroxylation sites is 1. The van der Waals surface area contributed by atoms with Crippen molar-refractivity contribution in [1.82, 2.24) is 4.57 Å². The first-order valence-corrected chi connectivity index (χ1v) is 4.98. The number of fused-ring (bicyclic) bond motifs is 1. The summed E-state index contributed by atoms with van der Waals surface area (Å²) >= 11 is 0. The van der Waals surface area contributed by atoms with Crippen molar-refractivity contribution in [2.45, 2.75) is 13.0 Å². The number of carboxylic acid groups (broad SMARTS) is 1. The zero-order valence-electron chi connectivity index (χ0n) is 8.68. The van der Waals surface area contributed by atoms with Gasteiger partial charge in [-0.2, -0.15) is 0 Å². The summed E-state index contributed by atoms with van der Waals surface area (Å²) < 4.78 is 1.89. The maximum atomic E-state index is 11.0. The molecule has 0 aliphatic heterocycles. The quantitative estimate of drug-likeness (QED) is 0.795. The molecule has 2 rings (SSSR count). The van der Waals surface area contributed by atoms with E-state index in [1.54, 1.807) is 6.20 Å². The zero-order valence-corrected chi connectivity index (χ0v) is 8.68. The Hall–Kier alpha value is -2.21. The summed E-state index contributed by atoms with van der Waals surface area (Å²) in [5, 5.41) is 9.82. The molecular weight excluding hydrogens is 202 g/mol. The van der Waals surface area contributed by atoms with Crippen LogP contribution in [0, 0.1) is 12.3 Å². The number of carboxylic acids is 1. The number of carbonyl (C=O) groups is 1. The number of benzene rings is 1. The lowest BCUT2D eigenvalue weighted by molar-refractivity contribution is 0.0699. The van der Waals surface area contributed by atoms with Gasteiger partial charge >= 0.3 is 5.97 Å². The highest BCUT2D eigenvalue weighted by atomic mass is 16.4. The van der Waals surface area contributed by atoms with Crippen LogP contribution in [0.25, 0.3) is 10.9 Å². The average Bonchev–Trinajstić information content (AvgIpc) is 2.65. The van der Waals surface area contributed by atoms with Crippen molar-refractivity contribution >= 4 is 16.9 Å². The Morgan fingerprint density at radius 1 is 1.44 bits per heavy atom. The third-order valence-electron chi connectivity index (χ3n) is 2.52. The highest BCUT2D eigenvalue weighted by Gasteiger charge is 2.12. The molecule has 1 aromatic heterocycles. The topological polar surface area (TPSA) is 42.2 Å². The minimum Gasteiger partial charge on any atom is -0.478 e. The van der Waals surface area contributed by atoms with Crippen LogP contribution in [0.4, 0.5) is 0 Å². The van der Waals surface area contributed by atoms with Gasteiger partial charge in [-0.1, -0.05) is 18.2 Å². The second-order valence-corrected chi connectivity index (χ2v) is 3.51. The van der Waals surface area contributed by atoms with Crippen LogP contribution in [-0.4, -0.2) is 15.6 Å². The van der Waals surface area contributed by atoms with Crippen LogP contribution >= 0.6 is 0 Å². The fourth-order valence-electron chi connectivity index (χ4n) is 1.79. The van der Waals surface area contributed by atoms with Gasteiger partial charge in [-0.3, -0.25) is 0 Å². The van der Waals surface area contributed by atoms with Crippen molar-refractivity contribution in [3.05, 3.63) is 36.0 Å². The van der Waals surface area contributed by atoms with Gasteiger partial charge in [0.15, 0.2) is 0 Å². The number of hydrogen-bond acceptors (Lipinski definition) is 1. The standard InChI is InChI=1S/C13H11NO2/c1-2-3-8-14-9-11(13(15)16)10-6-4-5-7-12(10)14/h1,4-7,9H,3,8H2,(H,15,16). The lowest BCUT2D eigenvalue weighted by atomic mass is 10.2. The van der Waals surface area contributed by atoms with Gasteiger partial charge in [-0.25, -0.2) is 4.79 Å². The second-order valence-electron chi connectivity index (χ2n) is 3.51. The summed E-state index contributed by atoms with van der Waals surface area (Å²) in [6.07, 6.45) is 7.45. The van der Waals surface area contributed by atoms with Crippen molar-refractivity contribution in [2.24, 2.45) is 0 Å². The average molecular weight is 213 g/mol. The molecule has 16 heavy (non-hydrogen) atoms. The van der Waals surface area contributed by atoms with Crippen molar-refractivity contribution in [1.29, 1.82) is 0 Å². The maximum Gasteiger partial charge on any atom is 0.337 e. The number of aromatic carboxylic acids is 1. The van der Waals surface area contributed by atoms with Crippen LogP contribution in [0.15, 0.2) is 30.5 Å². The number of terminal acetylenes is 1. The minimum absolute atomic E-state index is 0.327. The van der Waals surface area contributed by atoms with E-state index in [1.807, 2.05) is 28.8 Å². The number of nitrogens with zero attached hydrogens (tertiary/aromatic N) is 1. The molecule has 1 N–H and O–H groups in total. The molecule has 0 spiro atoms. The summed E-state index contributed by atoms with van der Waals surface area (Å²) in [6.45, 7) is 0.643. The Morgan fingerprint density at radius 2 is 2.19 bits per heavy atom. The fourth-order valence-corrected chi connectivity index (χ4v) is 1.79. The van der Waals surface area contributed by atoms with E-state index in [2.05, 4.69) is 5.92 Å². The van der Waals surface area contributed by atoms with E-state index in [9.17, 15) is 4.79 Å². The normalized spacial score (nSPS) is 10.2. The van der Waals surface area contributed by atoms with Crippen LogP contribution in [-0.2, 0) is 6.54 Å². The molecule has 2 aromatic rings. The van der Waals surface area contributed by atoms with E-state index in [4.69, 9.17) is 11.5 Å². The van der Waals surface area contributed by atoms with Crippen molar-refractivity contribution in [3.8, 4) is 12.3 Å². The Balaban J connectivity index is 2.58. The molecule has 0 aliphatic rings. The van der Waals surface area contributed by atoms with E-state index < -0.39 is 5.97 Å². The van der Waals surface area contributed by atoms with Crippen molar-refractivity contribution in [3.63, 3.8) is 0 Å². The molecule has 0 aliphatic carbocycles. The molecule has 0 bridgehead atoms. The lowest BCUT2D eigenvalue weighted by Crippen LogP contribution is -1.96. The molecule has 1 aromatic carbocycles. The van der Waals surface area contributed by atoms with Crippen LogP contribution < -0.4 is 0 Å². The molecule has 0 radical (unpaired) electrons. The molecule has 0 fully saturated rings. The predicted molar refractivity (Wildman–Crippen MR) is 62.3 cm³/mol. The van der Waals surface area contributed by atoms with Gasteiger partial charge in [-0.15, -0.1) is 12.3 Å². The fraction of sp³-hybridized carbons (Fsp3) is 0.154. The van der Waals surface area contributed by atoms with Crippen molar-refractivity contribution < 1.29 is 9.90 Å². The Labute approximate surface area is 93.3 Å². The molecule has 80 valence electrons. The van der Waals surface area contributed by atoms with E-state index in [0.29, 0.717) is 18.5 Å². The minimum atomic E-state index is -0.907. The molecule has 0 unspecified atom stereocenters. The van der Waals surface area contributed by atoms with Gasteiger partial charge in [0.05, 0.1) is 5.56 Å². The Kier molecular flexibility index (Phi) is 2.65. The van der Waals surface area contributed by atoms with Gasteiger partial charge in [0.2, 0.25) is 0 Å². The first-order valence-electron chi connectivity index (χ1n) is 4.98. The van der Waals surface area contributed by atoms with E-state index in [-0.39, 0.29) is 0 Å². The van der Waals surface area contributed by atoms with E-state index in [0.717, 1.165) is 10.9 Å². The summed E-state index contributed by atoms with van der Waals surface area (Å²) in [7, 11) is 0. The molecule has 0 atom stereocenters. The number of rotatable bonds is 3. The largest absolute Gasteiger partial charge is 0.478 e. The Bertz CT molecular complexity index is 575. The number of aryl methyl sites for hydroxylation is 1. The molecule has 3 nitrogen and oxygen atoms in total. The molecule has 0 amide bonds. The van der Waals surface area contributed by atoms with Crippen LogP contribution in [0.5, 0.6) is 0 Å². The van der Waals surface area contributed by atoms with Crippen molar-refractivity contribution in [2.75, 3.05) is 0 Å². The summed E-state index contributed by atoms with van der Waals surface area (Å²) in [6, 6.07) is 7.43. The predicted octanol–water partition coefficient (Wildman–Crippen LogP) is 2.36. The van der Waals surface area contributed by atoms with Gasteiger partial charge in [0.25, 0.3) is 0 Å².